The van der Waals surface area contributed by atoms with Crippen molar-refractivity contribution < 1.29 is 36.9 Å². The summed E-state index contributed by atoms with van der Waals surface area (Å²) >= 11 is 0. The van der Waals surface area contributed by atoms with Crippen molar-refractivity contribution in [3.8, 4) is 11.5 Å². The second-order valence-corrected chi connectivity index (χ2v) is 9.46. The van der Waals surface area contributed by atoms with Gasteiger partial charge in [-0.05, 0) is 55.4 Å². The molecule has 1 aliphatic rings. The number of aryl methyl sites for hydroxylation is 1. The van der Waals surface area contributed by atoms with Gasteiger partial charge in [-0.2, -0.15) is 8.78 Å². The molecule has 200 valence electrons. The van der Waals surface area contributed by atoms with Crippen molar-refractivity contribution in [3.05, 3.63) is 58.2 Å². The third-order valence-electron chi connectivity index (χ3n) is 7.04. The third-order valence-corrected chi connectivity index (χ3v) is 7.04. The Morgan fingerprint density at radius 1 is 0.861 bits per heavy atom. The number of methoxy groups -OCH3 is 1. The van der Waals surface area contributed by atoms with Crippen molar-refractivity contribution in [3.63, 3.8) is 0 Å². The van der Waals surface area contributed by atoms with Crippen molar-refractivity contribution in [2.75, 3.05) is 20.5 Å². The molecule has 1 saturated carbocycles. The van der Waals surface area contributed by atoms with E-state index in [4.69, 9.17) is 14.2 Å². The first-order chi connectivity index (χ1) is 17.3. The van der Waals surface area contributed by atoms with E-state index < -0.39 is 47.5 Å². The Morgan fingerprint density at radius 3 is 2.14 bits per heavy atom. The number of rotatable bonds is 12. The first kappa shape index (κ1) is 28.3. The van der Waals surface area contributed by atoms with Gasteiger partial charge in [0, 0.05) is 18.2 Å². The van der Waals surface area contributed by atoms with Gasteiger partial charge in [0.2, 0.25) is 11.6 Å². The topological polar surface area (TPSA) is 47.9 Å². The zero-order chi connectivity index (χ0) is 26.2. The van der Waals surface area contributed by atoms with Gasteiger partial charge < -0.3 is 19.3 Å². The van der Waals surface area contributed by atoms with Gasteiger partial charge in [-0.3, -0.25) is 0 Å². The van der Waals surface area contributed by atoms with Gasteiger partial charge in [-0.1, -0.05) is 45.4 Å². The molecule has 1 atom stereocenters. The van der Waals surface area contributed by atoms with Gasteiger partial charge in [0.05, 0.1) is 6.61 Å². The molecule has 0 heterocycles. The van der Waals surface area contributed by atoms with Crippen LogP contribution in [-0.4, -0.2) is 25.6 Å². The highest BCUT2D eigenvalue weighted by Gasteiger charge is 2.29. The molecule has 1 unspecified atom stereocenters. The fraction of sp³-hybridized carbons (Fsp3) is 0.571. The number of hydrogen-bond acceptors (Lipinski definition) is 4. The smallest absolute Gasteiger partial charge is 0.201 e. The van der Waals surface area contributed by atoms with Crippen LogP contribution in [0.1, 0.15) is 81.6 Å². The minimum Gasteiger partial charge on any atom is -0.491 e. The van der Waals surface area contributed by atoms with E-state index in [1.165, 1.54) is 32.1 Å². The summed E-state index contributed by atoms with van der Waals surface area (Å²) in [5.74, 6) is -4.72. The summed E-state index contributed by atoms with van der Waals surface area (Å²) in [5.41, 5.74) is -0.576. The molecule has 1 N–H and O–H groups in total. The van der Waals surface area contributed by atoms with E-state index in [0.717, 1.165) is 37.7 Å². The van der Waals surface area contributed by atoms with E-state index in [9.17, 15) is 13.9 Å². The number of ether oxygens (including phenoxy) is 3. The quantitative estimate of drug-likeness (QED) is 0.240. The highest BCUT2D eigenvalue weighted by Crippen LogP contribution is 2.39. The number of hydrogen-bond donors (Lipinski definition) is 1. The summed E-state index contributed by atoms with van der Waals surface area (Å²) in [6.45, 7) is 3.51. The van der Waals surface area contributed by atoms with E-state index in [-0.39, 0.29) is 29.9 Å². The van der Waals surface area contributed by atoms with Crippen LogP contribution < -0.4 is 9.47 Å². The summed E-state index contributed by atoms with van der Waals surface area (Å²) in [5, 5.41) is 11.0. The maximum absolute atomic E-state index is 15.1. The zero-order valence-electron chi connectivity index (χ0n) is 21.2. The Kier molecular flexibility index (Phi) is 10.4. The first-order valence-corrected chi connectivity index (χ1v) is 12.7. The maximum atomic E-state index is 15.1. The van der Waals surface area contributed by atoms with E-state index in [0.29, 0.717) is 12.3 Å². The Balaban J connectivity index is 1.89. The molecule has 0 amide bonds. The van der Waals surface area contributed by atoms with E-state index >= 15 is 8.78 Å². The zero-order valence-corrected chi connectivity index (χ0v) is 21.2. The van der Waals surface area contributed by atoms with Gasteiger partial charge >= 0.3 is 0 Å². The predicted molar refractivity (Wildman–Crippen MR) is 129 cm³/mol. The van der Waals surface area contributed by atoms with E-state index in [1.54, 1.807) is 6.92 Å². The predicted octanol–water partition coefficient (Wildman–Crippen LogP) is 7.25. The third kappa shape index (κ3) is 6.51. The van der Waals surface area contributed by atoms with Gasteiger partial charge in [-0.15, -0.1) is 0 Å². The van der Waals surface area contributed by atoms with E-state index in [1.807, 2.05) is 0 Å². The number of benzene rings is 2. The lowest BCUT2D eigenvalue weighted by molar-refractivity contribution is 0.0451. The summed E-state index contributed by atoms with van der Waals surface area (Å²) in [6.07, 6.45) is 5.91. The van der Waals surface area contributed by atoms with Gasteiger partial charge in [0.25, 0.3) is 0 Å². The lowest BCUT2D eigenvalue weighted by atomic mass is 9.78. The Bertz CT molecular complexity index is 1010. The molecule has 0 saturated heterocycles. The van der Waals surface area contributed by atoms with Crippen LogP contribution in [0.2, 0.25) is 0 Å². The fourth-order valence-electron chi connectivity index (χ4n) is 5.10. The summed E-state index contributed by atoms with van der Waals surface area (Å²) in [7, 11) is 1.30. The average Bonchev–Trinajstić information content (AvgIpc) is 2.88. The van der Waals surface area contributed by atoms with Crippen molar-refractivity contribution in [1.82, 2.24) is 0 Å². The standard InChI is InChI=1S/C28H36F4O4/c1-4-6-17-7-9-18(10-8-17)11-12-19-15-21(28(36-16-34-3)26(32)23(19)29)27(33)20-13-14-22(35-5-2)25(31)24(20)30/h13-15,17-18,27,33H,4-12,16H2,1-3H3. The van der Waals surface area contributed by atoms with Crippen LogP contribution in [0.4, 0.5) is 17.6 Å². The second kappa shape index (κ2) is 13.3. The second-order valence-electron chi connectivity index (χ2n) is 9.46. The van der Waals surface area contributed by atoms with Gasteiger partial charge in [0.15, 0.2) is 29.9 Å². The minimum absolute atomic E-state index is 0.0637. The molecule has 36 heavy (non-hydrogen) atoms. The maximum Gasteiger partial charge on any atom is 0.201 e. The molecule has 0 spiro atoms. The lowest BCUT2D eigenvalue weighted by Gasteiger charge is -2.28. The number of halogens is 4. The van der Waals surface area contributed by atoms with Crippen molar-refractivity contribution >= 4 is 0 Å². The SMILES string of the molecule is CCCC1CCC(CCc2cc(C(O)c3ccc(OCC)c(F)c3F)c(OCOC)c(F)c2F)CC1. The molecule has 8 heteroatoms. The molecule has 1 aliphatic carbocycles. The minimum atomic E-state index is -1.81. The fourth-order valence-corrected chi connectivity index (χ4v) is 5.10. The molecule has 3 rings (SSSR count). The van der Waals surface area contributed by atoms with Crippen molar-refractivity contribution in [2.45, 2.75) is 71.3 Å². The highest BCUT2D eigenvalue weighted by atomic mass is 19.2. The van der Waals surface area contributed by atoms with Crippen LogP contribution in [0.5, 0.6) is 11.5 Å². The lowest BCUT2D eigenvalue weighted by Crippen LogP contribution is -2.16. The van der Waals surface area contributed by atoms with Gasteiger partial charge in [0.1, 0.15) is 6.10 Å². The molecule has 0 aromatic heterocycles. The summed E-state index contributed by atoms with van der Waals surface area (Å²) < 4.78 is 74.5. The summed E-state index contributed by atoms with van der Waals surface area (Å²) in [6, 6.07) is 3.63. The first-order valence-electron chi connectivity index (χ1n) is 12.7. The normalized spacial score (nSPS) is 18.8. The van der Waals surface area contributed by atoms with E-state index in [2.05, 4.69) is 6.92 Å². The molecule has 2 aromatic rings. The van der Waals surface area contributed by atoms with Crippen LogP contribution >= 0.6 is 0 Å². The molecule has 4 nitrogen and oxygen atoms in total. The molecular formula is C28H36F4O4. The molecule has 0 radical (unpaired) electrons. The van der Waals surface area contributed by atoms with Crippen LogP contribution in [0.25, 0.3) is 0 Å². The molecular weight excluding hydrogens is 476 g/mol. The highest BCUT2D eigenvalue weighted by molar-refractivity contribution is 5.46. The number of aliphatic hydroxyl groups excluding tert-OH is 1. The van der Waals surface area contributed by atoms with Crippen LogP contribution in [0, 0.1) is 35.1 Å². The molecule has 0 bridgehead atoms. The Labute approximate surface area is 210 Å². The van der Waals surface area contributed by atoms with Crippen molar-refractivity contribution in [1.29, 1.82) is 0 Å². The summed E-state index contributed by atoms with van der Waals surface area (Å²) in [4.78, 5) is 0. The van der Waals surface area contributed by atoms with Crippen LogP contribution in [0.15, 0.2) is 18.2 Å². The molecule has 1 fully saturated rings. The monoisotopic (exact) mass is 512 g/mol. The average molecular weight is 513 g/mol. The van der Waals surface area contributed by atoms with Crippen LogP contribution in [-0.2, 0) is 11.2 Å². The largest absolute Gasteiger partial charge is 0.491 e. The Morgan fingerprint density at radius 2 is 1.53 bits per heavy atom. The molecule has 0 aliphatic heterocycles. The molecule has 2 aromatic carbocycles. The van der Waals surface area contributed by atoms with Crippen LogP contribution in [0.3, 0.4) is 0 Å². The number of aliphatic hydroxyl groups is 1. The Hall–Kier alpha value is -2.32. The van der Waals surface area contributed by atoms with Gasteiger partial charge in [-0.25, -0.2) is 8.78 Å². The van der Waals surface area contributed by atoms with Crippen molar-refractivity contribution in [2.24, 2.45) is 11.8 Å².